The highest BCUT2D eigenvalue weighted by Gasteiger charge is 2.46. The molecule has 0 aromatic rings. The van der Waals surface area contributed by atoms with Crippen LogP contribution in [0.1, 0.15) is 79.1 Å². The highest BCUT2D eigenvalue weighted by atomic mass is 14.8. The van der Waals surface area contributed by atoms with E-state index >= 15 is 0 Å². The smallest absolute Gasteiger partial charge is 0.0291 e. The summed E-state index contributed by atoms with van der Waals surface area (Å²) >= 11 is 0. The summed E-state index contributed by atoms with van der Waals surface area (Å²) in [6.45, 7) is 29.4. The fourth-order valence-electron chi connectivity index (χ4n) is 6.09. The first-order valence-corrected chi connectivity index (χ1v) is 12.0. The van der Waals surface area contributed by atoms with E-state index < -0.39 is 0 Å². The first-order valence-electron chi connectivity index (χ1n) is 12.0. The second-order valence-electron chi connectivity index (χ2n) is 10.8. The molecule has 0 amide bonds. The van der Waals surface area contributed by atoms with E-state index in [1.807, 2.05) is 19.2 Å². The van der Waals surface area contributed by atoms with E-state index in [1.54, 1.807) is 5.57 Å². The third-order valence-corrected chi connectivity index (χ3v) is 7.04. The van der Waals surface area contributed by atoms with Gasteiger partial charge in [-0.1, -0.05) is 65.2 Å². The van der Waals surface area contributed by atoms with Crippen LogP contribution < -0.4 is 5.32 Å². The van der Waals surface area contributed by atoms with Gasteiger partial charge in [0.1, 0.15) is 0 Å². The van der Waals surface area contributed by atoms with Crippen molar-refractivity contribution in [2.75, 3.05) is 7.05 Å². The number of hydrogen-bond donors (Lipinski definition) is 1. The van der Waals surface area contributed by atoms with E-state index in [1.165, 1.54) is 44.1 Å². The highest BCUT2D eigenvalue weighted by molar-refractivity contribution is 5.25. The van der Waals surface area contributed by atoms with Crippen LogP contribution in [-0.2, 0) is 0 Å². The van der Waals surface area contributed by atoms with Crippen LogP contribution in [-0.4, -0.2) is 7.05 Å². The number of allylic oxidation sites excluding steroid dienone is 4. The first-order chi connectivity index (χ1) is 14.0. The summed E-state index contributed by atoms with van der Waals surface area (Å²) in [6, 6.07) is 0. The molecule has 0 aromatic carbocycles. The zero-order chi connectivity index (χ0) is 22.9. The Morgan fingerprint density at radius 1 is 1.07 bits per heavy atom. The van der Waals surface area contributed by atoms with Crippen molar-refractivity contribution in [1.29, 1.82) is 0 Å². The fraction of sp³-hybridized carbons (Fsp3) is 0.655. The predicted molar refractivity (Wildman–Crippen MR) is 136 cm³/mol. The van der Waals surface area contributed by atoms with Crippen LogP contribution in [0.3, 0.4) is 0 Å². The van der Waals surface area contributed by atoms with E-state index in [2.05, 4.69) is 65.9 Å². The van der Waals surface area contributed by atoms with Gasteiger partial charge in [0.05, 0.1) is 0 Å². The normalized spacial score (nSPS) is 28.1. The molecule has 0 spiro atoms. The van der Waals surface area contributed by atoms with Gasteiger partial charge in [-0.15, -0.1) is 13.2 Å². The second-order valence-corrected chi connectivity index (χ2v) is 10.8. The van der Waals surface area contributed by atoms with Crippen LogP contribution >= 0.6 is 0 Å². The SMILES string of the molecule is C=C(CC1(C)CC2CC(C1)C(C(=C)CC(C)CC(C)C)C2)C(=C)NC.C=CCC=C. The van der Waals surface area contributed by atoms with Gasteiger partial charge in [-0.25, -0.2) is 0 Å². The lowest BCUT2D eigenvalue weighted by molar-refractivity contribution is 0.145. The Morgan fingerprint density at radius 2 is 1.70 bits per heavy atom. The predicted octanol–water partition coefficient (Wildman–Crippen LogP) is 8.49. The van der Waals surface area contributed by atoms with Crippen molar-refractivity contribution in [3.8, 4) is 0 Å². The first kappa shape index (κ1) is 26.5. The van der Waals surface area contributed by atoms with E-state index in [0.29, 0.717) is 5.41 Å². The molecule has 1 heteroatoms. The highest BCUT2D eigenvalue weighted by Crippen LogP contribution is 2.57. The molecule has 2 aliphatic carbocycles. The Labute approximate surface area is 188 Å². The van der Waals surface area contributed by atoms with Crippen molar-refractivity contribution in [2.24, 2.45) is 35.0 Å². The summed E-state index contributed by atoms with van der Waals surface area (Å²) in [7, 11) is 1.94. The summed E-state index contributed by atoms with van der Waals surface area (Å²) in [6.07, 6.45) is 13.7. The quantitative estimate of drug-likeness (QED) is 0.265. The molecule has 1 nitrogen and oxygen atoms in total. The summed E-state index contributed by atoms with van der Waals surface area (Å²) in [5.41, 5.74) is 4.13. The zero-order valence-electron chi connectivity index (χ0n) is 20.7. The number of hydrogen-bond acceptors (Lipinski definition) is 1. The van der Waals surface area contributed by atoms with Crippen LogP contribution in [0.2, 0.25) is 0 Å². The lowest BCUT2D eigenvalue weighted by Gasteiger charge is -2.39. The summed E-state index contributed by atoms with van der Waals surface area (Å²) < 4.78 is 0. The van der Waals surface area contributed by atoms with E-state index in [0.717, 1.165) is 48.1 Å². The van der Waals surface area contributed by atoms with Gasteiger partial charge in [-0.05, 0) is 91.9 Å². The molecule has 0 aliphatic heterocycles. The Morgan fingerprint density at radius 3 is 2.20 bits per heavy atom. The molecule has 5 atom stereocenters. The fourth-order valence-corrected chi connectivity index (χ4v) is 6.09. The molecule has 0 saturated heterocycles. The van der Waals surface area contributed by atoms with Gasteiger partial charge >= 0.3 is 0 Å². The third kappa shape index (κ3) is 8.32. The molecule has 2 aliphatic rings. The van der Waals surface area contributed by atoms with E-state index in [4.69, 9.17) is 0 Å². The topological polar surface area (TPSA) is 12.0 Å². The van der Waals surface area contributed by atoms with Crippen LogP contribution in [0.4, 0.5) is 0 Å². The van der Waals surface area contributed by atoms with Crippen molar-refractivity contribution in [2.45, 2.75) is 79.1 Å². The molecule has 2 rings (SSSR count). The van der Waals surface area contributed by atoms with Gasteiger partial charge in [0.15, 0.2) is 0 Å². The minimum Gasteiger partial charge on any atom is -0.388 e. The van der Waals surface area contributed by atoms with Crippen molar-refractivity contribution >= 4 is 0 Å². The molecule has 0 heterocycles. The maximum atomic E-state index is 4.55. The van der Waals surface area contributed by atoms with Gasteiger partial charge < -0.3 is 5.32 Å². The van der Waals surface area contributed by atoms with Gasteiger partial charge in [-0.2, -0.15) is 0 Å². The molecule has 5 unspecified atom stereocenters. The lowest BCUT2D eigenvalue weighted by atomic mass is 9.66. The average molecular weight is 412 g/mol. The standard InChI is InChI=1S/C24H41N.C5H8/c1-16(2)9-17(3)10-18(4)23-12-21-11-22(23)15-24(7,14-21)13-19(5)20(6)25-8;1-3-5-4-2/h16-17,21-23,25H,4-6,9-15H2,1-3,7-8H3;3-4H,1-2,5H2. The van der Waals surface area contributed by atoms with E-state index in [9.17, 15) is 0 Å². The summed E-state index contributed by atoms with van der Waals surface area (Å²) in [5.74, 6) is 4.07. The molecule has 2 bridgehead atoms. The van der Waals surface area contributed by atoms with Crippen molar-refractivity contribution < 1.29 is 0 Å². The third-order valence-electron chi connectivity index (χ3n) is 7.04. The van der Waals surface area contributed by atoms with Gasteiger partial charge in [0, 0.05) is 12.7 Å². The van der Waals surface area contributed by atoms with Gasteiger partial charge in [0.2, 0.25) is 0 Å². The average Bonchev–Trinajstić information content (AvgIpc) is 2.96. The molecule has 0 aromatic heterocycles. The van der Waals surface area contributed by atoms with Crippen LogP contribution in [0.15, 0.2) is 61.9 Å². The molecule has 170 valence electrons. The maximum absolute atomic E-state index is 4.55. The molecular weight excluding hydrogens is 362 g/mol. The molecule has 0 radical (unpaired) electrons. The van der Waals surface area contributed by atoms with Crippen molar-refractivity contribution in [3.05, 3.63) is 61.9 Å². The van der Waals surface area contributed by atoms with Crippen LogP contribution in [0, 0.1) is 35.0 Å². The Kier molecular flexibility index (Phi) is 10.9. The Hall–Kier alpha value is -1.50. The second kappa shape index (κ2) is 12.4. The van der Waals surface area contributed by atoms with Crippen molar-refractivity contribution in [3.63, 3.8) is 0 Å². The number of rotatable bonds is 11. The molecule has 1 N–H and O–H groups in total. The van der Waals surface area contributed by atoms with Gasteiger partial charge in [-0.3, -0.25) is 0 Å². The summed E-state index contributed by atoms with van der Waals surface area (Å²) in [4.78, 5) is 0. The lowest BCUT2D eigenvalue weighted by Crippen LogP contribution is -2.29. The minimum atomic E-state index is 0.392. The molecular formula is C29H49N. The van der Waals surface area contributed by atoms with Crippen LogP contribution in [0.5, 0.6) is 0 Å². The largest absolute Gasteiger partial charge is 0.388 e. The summed E-state index contributed by atoms with van der Waals surface area (Å²) in [5, 5.41) is 3.17. The number of likely N-dealkylation sites (N-methyl/N-ethyl adjacent to an activating group) is 1. The van der Waals surface area contributed by atoms with E-state index in [-0.39, 0.29) is 0 Å². The Balaban J connectivity index is 0.000000804. The monoisotopic (exact) mass is 411 g/mol. The Bertz CT molecular complexity index is 604. The maximum Gasteiger partial charge on any atom is 0.0291 e. The number of fused-ring (bicyclic) bond motifs is 2. The number of nitrogens with one attached hydrogen (secondary N) is 1. The minimum absolute atomic E-state index is 0.392. The van der Waals surface area contributed by atoms with Crippen molar-refractivity contribution in [1.82, 2.24) is 5.32 Å². The molecule has 2 saturated carbocycles. The zero-order valence-corrected chi connectivity index (χ0v) is 20.7. The van der Waals surface area contributed by atoms with Crippen LogP contribution in [0.25, 0.3) is 0 Å². The molecule has 2 fully saturated rings. The van der Waals surface area contributed by atoms with Gasteiger partial charge in [0.25, 0.3) is 0 Å². The molecule has 30 heavy (non-hydrogen) atoms.